The Morgan fingerprint density at radius 3 is 2.51 bits per heavy atom. The van der Waals surface area contributed by atoms with E-state index < -0.39 is 0 Å². The fraction of sp³-hybridized carbons (Fsp3) is 0.281. The Labute approximate surface area is 249 Å². The number of carbonyl (C=O) groups excluding carboxylic acids is 2. The topological polar surface area (TPSA) is 66.0 Å². The third-order valence-corrected chi connectivity index (χ3v) is 8.67. The van der Waals surface area contributed by atoms with Gasteiger partial charge in [-0.15, -0.1) is 0 Å². The molecule has 4 aromatic rings. The fourth-order valence-electron chi connectivity index (χ4n) is 5.58. The number of benzene rings is 3. The molecule has 1 saturated heterocycles. The van der Waals surface area contributed by atoms with Crippen LogP contribution < -0.4 is 9.64 Å². The van der Waals surface area contributed by atoms with Crippen molar-refractivity contribution in [3.05, 3.63) is 88.5 Å². The number of hydrogen-bond acceptors (Lipinski definition) is 5. The molecule has 2 amide bonds. The highest BCUT2D eigenvalue weighted by Crippen LogP contribution is 2.39. The van der Waals surface area contributed by atoms with Crippen LogP contribution in [0, 0.1) is 0 Å². The Morgan fingerprint density at radius 2 is 1.73 bits per heavy atom. The lowest BCUT2D eigenvalue weighted by molar-refractivity contribution is -0.133. The Bertz CT molecular complexity index is 1600. The van der Waals surface area contributed by atoms with Crippen molar-refractivity contribution in [2.45, 2.75) is 18.9 Å². The van der Waals surface area contributed by atoms with Gasteiger partial charge in [0.2, 0.25) is 5.91 Å². The van der Waals surface area contributed by atoms with E-state index in [2.05, 4.69) is 46.3 Å². The summed E-state index contributed by atoms with van der Waals surface area (Å²) in [6, 6.07) is 21.5. The molecular formula is C32H30Cl2N4O3. The van der Waals surface area contributed by atoms with Crippen molar-refractivity contribution in [1.29, 1.82) is 0 Å². The maximum Gasteiger partial charge on any atom is 0.265 e. The number of anilines is 1. The average Bonchev–Trinajstić information content (AvgIpc) is 3.51. The van der Waals surface area contributed by atoms with Crippen LogP contribution in [0.25, 0.3) is 22.0 Å². The molecule has 7 nitrogen and oxygen atoms in total. The molecular weight excluding hydrogens is 559 g/mol. The standard InChI is InChI=1S/C32H30Cl2N4O3/c1-36(31(39)19-38-28-15-25(33)26(34)16-30(28)41-20-32(38)40)29(18-37-12-4-5-13-37)22-10-8-21(9-11-22)24-14-23-6-2-3-7-27(23)35-17-24/h2-3,6-11,14-17,29H,4-5,12-13,18-20H2,1H3. The Morgan fingerprint density at radius 1 is 1.00 bits per heavy atom. The van der Waals surface area contributed by atoms with E-state index >= 15 is 0 Å². The van der Waals surface area contributed by atoms with E-state index in [0.29, 0.717) is 28.0 Å². The maximum atomic E-state index is 13.7. The number of ether oxygens (including phenoxy) is 1. The lowest BCUT2D eigenvalue weighted by atomic mass is 9.99. The molecule has 0 bridgehead atoms. The molecule has 0 spiro atoms. The first-order chi connectivity index (χ1) is 19.9. The van der Waals surface area contributed by atoms with Crippen molar-refractivity contribution in [3.8, 4) is 16.9 Å². The number of likely N-dealkylation sites (tertiary alicyclic amines) is 1. The largest absolute Gasteiger partial charge is 0.482 e. The van der Waals surface area contributed by atoms with Gasteiger partial charge in [0.05, 0.1) is 27.3 Å². The number of nitrogens with zero attached hydrogens (tertiary/aromatic N) is 4. The number of likely N-dealkylation sites (N-methyl/N-ethyl adjacent to an activating group) is 1. The van der Waals surface area contributed by atoms with Crippen LogP contribution in [0.15, 0.2) is 72.9 Å². The van der Waals surface area contributed by atoms with Crippen LogP contribution in [0.4, 0.5) is 5.69 Å². The fourth-order valence-corrected chi connectivity index (χ4v) is 5.89. The monoisotopic (exact) mass is 588 g/mol. The van der Waals surface area contributed by atoms with Gasteiger partial charge in [0.1, 0.15) is 12.3 Å². The normalized spacial score (nSPS) is 16.0. The van der Waals surface area contributed by atoms with Crippen LogP contribution in [-0.4, -0.2) is 66.4 Å². The van der Waals surface area contributed by atoms with Crippen LogP contribution >= 0.6 is 23.2 Å². The van der Waals surface area contributed by atoms with Crippen LogP contribution in [0.5, 0.6) is 5.75 Å². The molecule has 0 N–H and O–H groups in total. The molecule has 1 unspecified atom stereocenters. The molecule has 2 aliphatic heterocycles. The number of amides is 2. The molecule has 0 radical (unpaired) electrons. The summed E-state index contributed by atoms with van der Waals surface area (Å²) >= 11 is 12.4. The summed E-state index contributed by atoms with van der Waals surface area (Å²) < 4.78 is 5.55. The molecule has 3 heterocycles. The molecule has 6 rings (SSSR count). The summed E-state index contributed by atoms with van der Waals surface area (Å²) in [7, 11) is 1.81. The van der Waals surface area contributed by atoms with Crippen molar-refractivity contribution in [1.82, 2.24) is 14.8 Å². The first kappa shape index (κ1) is 27.5. The summed E-state index contributed by atoms with van der Waals surface area (Å²) in [4.78, 5) is 36.7. The van der Waals surface area contributed by atoms with Crippen LogP contribution in [0.3, 0.4) is 0 Å². The Hall–Kier alpha value is -3.65. The SMILES string of the molecule is CN(C(=O)CN1C(=O)COc2cc(Cl)c(Cl)cc21)C(CN1CCCC1)c1ccc(-c2cnc3ccccc3c2)cc1. The van der Waals surface area contributed by atoms with Gasteiger partial charge in [-0.3, -0.25) is 19.5 Å². The van der Waals surface area contributed by atoms with Crippen molar-refractivity contribution in [2.75, 3.05) is 44.7 Å². The third-order valence-electron chi connectivity index (χ3n) is 7.95. The molecule has 3 aromatic carbocycles. The zero-order valence-electron chi connectivity index (χ0n) is 22.7. The smallest absolute Gasteiger partial charge is 0.265 e. The van der Waals surface area contributed by atoms with Gasteiger partial charge in [0.15, 0.2) is 6.61 Å². The second kappa shape index (κ2) is 11.7. The quantitative estimate of drug-likeness (QED) is 0.256. The molecule has 41 heavy (non-hydrogen) atoms. The Balaban J connectivity index is 1.25. The molecule has 9 heteroatoms. The number of rotatable bonds is 7. The van der Waals surface area contributed by atoms with Crippen LogP contribution in [-0.2, 0) is 9.59 Å². The number of hydrogen-bond donors (Lipinski definition) is 0. The number of aromatic nitrogens is 1. The second-order valence-electron chi connectivity index (χ2n) is 10.6. The van der Waals surface area contributed by atoms with E-state index in [9.17, 15) is 9.59 Å². The minimum atomic E-state index is -0.304. The van der Waals surface area contributed by atoms with Gasteiger partial charge >= 0.3 is 0 Å². The van der Waals surface area contributed by atoms with Gasteiger partial charge in [0.25, 0.3) is 5.91 Å². The van der Waals surface area contributed by atoms with Gasteiger partial charge in [-0.05, 0) is 55.3 Å². The zero-order valence-corrected chi connectivity index (χ0v) is 24.2. The molecule has 2 aliphatic rings. The predicted octanol–water partition coefficient (Wildman–Crippen LogP) is 6.23. The maximum absolute atomic E-state index is 13.7. The number of halogens is 2. The van der Waals surface area contributed by atoms with Crippen molar-refractivity contribution in [2.24, 2.45) is 0 Å². The molecule has 1 aromatic heterocycles. The molecule has 0 aliphatic carbocycles. The molecule has 1 atom stereocenters. The van der Waals surface area contributed by atoms with E-state index in [1.807, 2.05) is 31.4 Å². The van der Waals surface area contributed by atoms with E-state index in [-0.39, 0.29) is 31.0 Å². The highest BCUT2D eigenvalue weighted by molar-refractivity contribution is 6.42. The van der Waals surface area contributed by atoms with Crippen LogP contribution in [0.2, 0.25) is 10.0 Å². The lowest BCUT2D eigenvalue weighted by Crippen LogP contribution is -2.47. The van der Waals surface area contributed by atoms with Gasteiger partial charge in [-0.1, -0.05) is 65.7 Å². The van der Waals surface area contributed by atoms with Gasteiger partial charge in [-0.25, -0.2) is 0 Å². The summed E-state index contributed by atoms with van der Waals surface area (Å²) in [5.41, 5.74) is 4.55. The minimum Gasteiger partial charge on any atom is -0.482 e. The number of carbonyl (C=O) groups is 2. The van der Waals surface area contributed by atoms with Crippen molar-refractivity contribution >= 4 is 51.6 Å². The summed E-state index contributed by atoms with van der Waals surface area (Å²) in [5.74, 6) is -0.0480. The lowest BCUT2D eigenvalue weighted by Gasteiger charge is -2.35. The number of fused-ring (bicyclic) bond motifs is 2. The summed E-state index contributed by atoms with van der Waals surface area (Å²) in [6.07, 6.45) is 4.20. The number of pyridine rings is 1. The summed E-state index contributed by atoms with van der Waals surface area (Å²) in [5, 5.41) is 1.72. The average molecular weight is 590 g/mol. The first-order valence-corrected chi connectivity index (χ1v) is 14.5. The molecule has 1 fully saturated rings. The summed E-state index contributed by atoms with van der Waals surface area (Å²) in [6.45, 7) is 2.45. The highest BCUT2D eigenvalue weighted by Gasteiger charge is 2.32. The van der Waals surface area contributed by atoms with E-state index in [1.165, 1.54) is 4.90 Å². The van der Waals surface area contributed by atoms with Crippen molar-refractivity contribution < 1.29 is 14.3 Å². The van der Waals surface area contributed by atoms with Gasteiger partial charge in [0, 0.05) is 36.8 Å². The molecule has 0 saturated carbocycles. The van der Waals surface area contributed by atoms with Gasteiger partial charge < -0.3 is 14.5 Å². The first-order valence-electron chi connectivity index (χ1n) is 13.7. The van der Waals surface area contributed by atoms with Gasteiger partial charge in [-0.2, -0.15) is 0 Å². The zero-order chi connectivity index (χ0) is 28.5. The van der Waals surface area contributed by atoms with E-state index in [1.54, 1.807) is 17.0 Å². The Kier molecular flexibility index (Phi) is 7.84. The minimum absolute atomic E-state index is 0.124. The number of para-hydroxylation sites is 1. The predicted molar refractivity (Wildman–Crippen MR) is 163 cm³/mol. The van der Waals surface area contributed by atoms with Crippen molar-refractivity contribution in [3.63, 3.8) is 0 Å². The second-order valence-corrected chi connectivity index (χ2v) is 11.4. The van der Waals surface area contributed by atoms with E-state index in [4.69, 9.17) is 27.9 Å². The van der Waals surface area contributed by atoms with Crippen LogP contribution in [0.1, 0.15) is 24.4 Å². The highest BCUT2D eigenvalue weighted by atomic mass is 35.5. The van der Waals surface area contributed by atoms with E-state index in [0.717, 1.165) is 53.5 Å². The molecule has 210 valence electrons. The third kappa shape index (κ3) is 5.75.